The summed E-state index contributed by atoms with van der Waals surface area (Å²) in [5.41, 5.74) is 2.08. The van der Waals surface area contributed by atoms with Crippen LogP contribution in [0.2, 0.25) is 25.7 Å². The smallest absolute Gasteiger partial charge is 0.225 e. The lowest BCUT2D eigenvalue weighted by Crippen LogP contribution is -2.22. The number of nitrogens with zero attached hydrogens (tertiary/aromatic N) is 2. The lowest BCUT2D eigenvalue weighted by atomic mass is 10.1. The highest BCUT2D eigenvalue weighted by Gasteiger charge is 2.15. The maximum absolute atomic E-state index is 12.0. The van der Waals surface area contributed by atoms with Crippen molar-refractivity contribution in [2.75, 3.05) is 11.9 Å². The van der Waals surface area contributed by atoms with Gasteiger partial charge in [-0.2, -0.15) is 5.10 Å². The lowest BCUT2D eigenvalue weighted by molar-refractivity contribution is -0.116. The minimum Gasteiger partial charge on any atom is -0.360 e. The van der Waals surface area contributed by atoms with Crippen LogP contribution < -0.4 is 5.32 Å². The molecule has 0 unspecified atom stereocenters. The monoisotopic (exact) mass is 373 g/mol. The van der Waals surface area contributed by atoms with Crippen molar-refractivity contribution in [3.63, 3.8) is 0 Å². The topological polar surface area (TPSA) is 56.2 Å². The molecule has 0 spiro atoms. The third-order valence-electron chi connectivity index (χ3n) is 4.08. The third-order valence-corrected chi connectivity index (χ3v) is 5.78. The number of hydrogen-bond donors (Lipinski definition) is 1. The van der Waals surface area contributed by atoms with Gasteiger partial charge in [0.05, 0.1) is 5.52 Å². The zero-order chi connectivity index (χ0) is 19.2. The maximum Gasteiger partial charge on any atom is 0.225 e. The lowest BCUT2D eigenvalue weighted by Gasteiger charge is -2.15. The fourth-order valence-electron chi connectivity index (χ4n) is 2.63. The van der Waals surface area contributed by atoms with Gasteiger partial charge in [0.1, 0.15) is 6.73 Å². The highest BCUT2D eigenvalue weighted by molar-refractivity contribution is 6.76. The molecule has 0 atom stereocenters. The number of anilines is 1. The summed E-state index contributed by atoms with van der Waals surface area (Å²) >= 11 is 0. The zero-order valence-electron chi connectivity index (χ0n) is 16.6. The summed E-state index contributed by atoms with van der Waals surface area (Å²) in [7, 11) is -1.12. The van der Waals surface area contributed by atoms with Crippen molar-refractivity contribution in [2.24, 2.45) is 0 Å². The molecule has 5 nitrogen and oxygen atoms in total. The predicted octanol–water partition coefficient (Wildman–Crippen LogP) is 5.12. The number of fused-ring (bicyclic) bond motifs is 1. The van der Waals surface area contributed by atoms with Gasteiger partial charge in [0.15, 0.2) is 5.82 Å². The fourth-order valence-corrected chi connectivity index (χ4v) is 3.39. The number of hydrogen-bond acceptors (Lipinski definition) is 3. The highest BCUT2D eigenvalue weighted by atomic mass is 28.3. The van der Waals surface area contributed by atoms with E-state index in [0.717, 1.165) is 35.5 Å². The first-order valence-corrected chi connectivity index (χ1v) is 13.1. The quantitative estimate of drug-likeness (QED) is 0.490. The normalized spacial score (nSPS) is 12.2. The molecule has 142 valence electrons. The first-order chi connectivity index (χ1) is 12.3. The van der Waals surface area contributed by atoms with Crippen LogP contribution in [-0.2, 0) is 16.3 Å². The molecule has 1 heterocycles. The summed E-state index contributed by atoms with van der Waals surface area (Å²) in [6, 6.07) is 7.25. The highest BCUT2D eigenvalue weighted by Crippen LogP contribution is 2.25. The number of nitrogens with one attached hydrogen (secondary N) is 1. The van der Waals surface area contributed by atoms with Gasteiger partial charge in [0, 0.05) is 26.5 Å². The van der Waals surface area contributed by atoms with E-state index in [1.165, 1.54) is 0 Å². The minimum absolute atomic E-state index is 0.00349. The number of benzene rings is 1. The van der Waals surface area contributed by atoms with E-state index in [4.69, 9.17) is 4.74 Å². The summed E-state index contributed by atoms with van der Waals surface area (Å²) in [4.78, 5) is 12.0. The minimum atomic E-state index is -1.12. The van der Waals surface area contributed by atoms with Crippen LogP contribution in [0.15, 0.2) is 24.3 Å². The average molecular weight is 374 g/mol. The summed E-state index contributed by atoms with van der Waals surface area (Å²) in [6.45, 7) is 12.1. The molecule has 0 radical (unpaired) electrons. The molecule has 0 saturated heterocycles. The number of carbonyl (C=O) groups is 1. The van der Waals surface area contributed by atoms with Crippen molar-refractivity contribution in [3.8, 4) is 0 Å². The molecule has 0 bridgehead atoms. The van der Waals surface area contributed by atoms with Gasteiger partial charge in [0.25, 0.3) is 0 Å². The van der Waals surface area contributed by atoms with Gasteiger partial charge < -0.3 is 10.1 Å². The Balaban J connectivity index is 2.24. The summed E-state index contributed by atoms with van der Waals surface area (Å²) in [5, 5.41) is 8.47. The molecule has 2 rings (SSSR count). The van der Waals surface area contributed by atoms with Gasteiger partial charge in [-0.3, -0.25) is 4.79 Å². The van der Waals surface area contributed by atoms with Gasteiger partial charge in [-0.05, 0) is 37.1 Å². The Hall–Kier alpha value is -1.92. The number of rotatable bonds is 9. The maximum atomic E-state index is 12.0. The van der Waals surface area contributed by atoms with E-state index in [2.05, 4.69) is 42.2 Å². The van der Waals surface area contributed by atoms with E-state index in [0.29, 0.717) is 19.0 Å². The van der Waals surface area contributed by atoms with Crippen LogP contribution in [-0.4, -0.2) is 30.4 Å². The standard InChI is InChI=1S/C20H31N3O2Si/c1-6-8-16-10-11-17-18(14-16)23(15-25-12-13-26(3,4)5)22-20(17)21-19(24)9-7-2/h6,8,10-11,14H,7,9,12-13,15H2,1-5H3,(H,21,22,24). The summed E-state index contributed by atoms with van der Waals surface area (Å²) < 4.78 is 7.72. The Labute approximate surface area is 157 Å². The Morgan fingerprint density at radius 3 is 2.77 bits per heavy atom. The van der Waals surface area contributed by atoms with Crippen LogP contribution in [0.3, 0.4) is 0 Å². The Morgan fingerprint density at radius 1 is 1.35 bits per heavy atom. The number of amides is 1. The second-order valence-corrected chi connectivity index (χ2v) is 13.4. The Bertz CT molecular complexity index is 775. The van der Waals surface area contributed by atoms with E-state index in [9.17, 15) is 4.79 Å². The second-order valence-electron chi connectivity index (χ2n) is 7.77. The van der Waals surface area contributed by atoms with E-state index < -0.39 is 8.07 Å². The molecule has 1 amide bonds. The number of allylic oxidation sites excluding steroid dienone is 1. The summed E-state index contributed by atoms with van der Waals surface area (Å²) in [6.07, 6.45) is 5.38. The first-order valence-electron chi connectivity index (χ1n) is 9.35. The molecular weight excluding hydrogens is 342 g/mol. The fraction of sp³-hybridized carbons (Fsp3) is 0.500. The van der Waals surface area contributed by atoms with Crippen molar-refractivity contribution in [3.05, 3.63) is 29.8 Å². The molecule has 26 heavy (non-hydrogen) atoms. The first kappa shape index (κ1) is 20.4. The molecule has 2 aromatic rings. The molecule has 1 aromatic carbocycles. The van der Waals surface area contributed by atoms with E-state index >= 15 is 0 Å². The van der Waals surface area contributed by atoms with Gasteiger partial charge in [-0.15, -0.1) is 0 Å². The van der Waals surface area contributed by atoms with Crippen molar-refractivity contribution < 1.29 is 9.53 Å². The van der Waals surface area contributed by atoms with Crippen molar-refractivity contribution in [1.82, 2.24) is 9.78 Å². The van der Waals surface area contributed by atoms with Gasteiger partial charge in [0.2, 0.25) is 5.91 Å². The molecule has 1 N–H and O–H groups in total. The van der Waals surface area contributed by atoms with E-state index in [1.807, 2.05) is 36.7 Å². The van der Waals surface area contributed by atoms with Crippen LogP contribution in [0.4, 0.5) is 5.82 Å². The van der Waals surface area contributed by atoms with Crippen LogP contribution in [0, 0.1) is 0 Å². The molecule has 0 aliphatic carbocycles. The third kappa shape index (κ3) is 5.81. The van der Waals surface area contributed by atoms with Crippen LogP contribution in [0.5, 0.6) is 0 Å². The van der Waals surface area contributed by atoms with Gasteiger partial charge in [-0.25, -0.2) is 4.68 Å². The molecule has 0 saturated carbocycles. The number of aromatic nitrogens is 2. The van der Waals surface area contributed by atoms with Crippen molar-refractivity contribution >= 4 is 36.8 Å². The zero-order valence-corrected chi connectivity index (χ0v) is 17.6. The van der Waals surface area contributed by atoms with Crippen molar-refractivity contribution in [1.29, 1.82) is 0 Å². The van der Waals surface area contributed by atoms with Crippen LogP contribution in [0.25, 0.3) is 17.0 Å². The molecule has 6 heteroatoms. The molecule has 0 aliphatic rings. The SMILES string of the molecule is CC=Cc1ccc2c(NC(=O)CCC)nn(COCC[Si](C)(C)C)c2c1. The molecule has 0 fully saturated rings. The number of carbonyl (C=O) groups excluding carboxylic acids is 1. The molecule has 0 aliphatic heterocycles. The second kappa shape index (κ2) is 9.14. The van der Waals surface area contributed by atoms with Crippen LogP contribution >= 0.6 is 0 Å². The van der Waals surface area contributed by atoms with Gasteiger partial charge in [-0.1, -0.05) is 44.8 Å². The largest absolute Gasteiger partial charge is 0.360 e. The van der Waals surface area contributed by atoms with E-state index in [-0.39, 0.29) is 5.91 Å². The molecule has 1 aromatic heterocycles. The summed E-state index contributed by atoms with van der Waals surface area (Å²) in [5.74, 6) is 0.607. The Morgan fingerprint density at radius 2 is 2.12 bits per heavy atom. The Kier molecular flexibility index (Phi) is 7.17. The average Bonchev–Trinajstić information content (AvgIpc) is 2.88. The van der Waals surface area contributed by atoms with Gasteiger partial charge >= 0.3 is 0 Å². The van der Waals surface area contributed by atoms with Crippen molar-refractivity contribution in [2.45, 2.75) is 59.1 Å². The molecular formula is C20H31N3O2Si. The van der Waals surface area contributed by atoms with Crippen LogP contribution in [0.1, 0.15) is 32.3 Å². The number of ether oxygens (including phenoxy) is 1. The predicted molar refractivity (Wildman–Crippen MR) is 112 cm³/mol. The van der Waals surface area contributed by atoms with E-state index in [1.54, 1.807) is 0 Å².